The van der Waals surface area contributed by atoms with Crippen LogP contribution in [0.25, 0.3) is 0 Å². The highest BCUT2D eigenvalue weighted by molar-refractivity contribution is 7.99. The third kappa shape index (κ3) is 5.90. The van der Waals surface area contributed by atoms with Gasteiger partial charge in [-0.25, -0.2) is 0 Å². The van der Waals surface area contributed by atoms with E-state index >= 15 is 0 Å². The van der Waals surface area contributed by atoms with Crippen molar-refractivity contribution < 1.29 is 9.72 Å². The van der Waals surface area contributed by atoms with Crippen molar-refractivity contribution in [1.29, 1.82) is 0 Å². The Morgan fingerprint density at radius 2 is 1.96 bits per heavy atom. The van der Waals surface area contributed by atoms with Crippen LogP contribution in [0.3, 0.4) is 0 Å². The topological polar surface area (TPSA) is 72.2 Å². The highest BCUT2D eigenvalue weighted by Gasteiger charge is 2.20. The molecule has 0 radical (unpaired) electrons. The first-order valence-corrected chi connectivity index (χ1v) is 9.33. The van der Waals surface area contributed by atoms with E-state index < -0.39 is 10.8 Å². The van der Waals surface area contributed by atoms with E-state index in [9.17, 15) is 14.9 Å². The lowest BCUT2D eigenvalue weighted by Gasteiger charge is -2.08. The van der Waals surface area contributed by atoms with E-state index in [0.717, 1.165) is 29.1 Å². The first-order chi connectivity index (χ1) is 12.1. The third-order valence-corrected chi connectivity index (χ3v) is 4.80. The van der Waals surface area contributed by atoms with Gasteiger partial charge in [-0.05, 0) is 36.3 Å². The Balaban J connectivity index is 2.04. The molecule has 1 amide bonds. The standard InChI is InChI=1S/C19H22N2O3S/c1-2-3-13-25-16-9-10-18(21(23)24)17(14-16)19(22)20-12-11-15-7-5-4-6-8-15/h4-10,14H,2-3,11-13H2,1H3,(H,20,22). The van der Waals surface area contributed by atoms with Crippen LogP contribution in [0.5, 0.6) is 0 Å². The summed E-state index contributed by atoms with van der Waals surface area (Å²) in [6.07, 6.45) is 2.85. The molecule has 2 aromatic rings. The fourth-order valence-corrected chi connectivity index (χ4v) is 3.37. The van der Waals surface area contributed by atoms with Gasteiger partial charge in [-0.15, -0.1) is 11.8 Å². The number of hydrogen-bond donors (Lipinski definition) is 1. The maximum absolute atomic E-state index is 12.4. The molecule has 0 aliphatic carbocycles. The smallest absolute Gasteiger partial charge is 0.282 e. The molecule has 0 aliphatic heterocycles. The summed E-state index contributed by atoms with van der Waals surface area (Å²) in [4.78, 5) is 24.0. The van der Waals surface area contributed by atoms with Crippen LogP contribution in [0.2, 0.25) is 0 Å². The Bertz CT molecular complexity index is 720. The Morgan fingerprint density at radius 3 is 2.64 bits per heavy atom. The summed E-state index contributed by atoms with van der Waals surface area (Å²) >= 11 is 1.62. The zero-order valence-electron chi connectivity index (χ0n) is 14.2. The number of nitrogens with zero attached hydrogens (tertiary/aromatic N) is 1. The van der Waals surface area contributed by atoms with Crippen molar-refractivity contribution in [3.63, 3.8) is 0 Å². The van der Waals surface area contributed by atoms with Crippen LogP contribution in [0.15, 0.2) is 53.4 Å². The number of thioether (sulfide) groups is 1. The summed E-state index contributed by atoms with van der Waals surface area (Å²) in [7, 11) is 0. The van der Waals surface area contributed by atoms with Gasteiger partial charge in [0.05, 0.1) is 4.92 Å². The van der Waals surface area contributed by atoms with Crippen molar-refractivity contribution in [2.75, 3.05) is 12.3 Å². The molecule has 5 nitrogen and oxygen atoms in total. The summed E-state index contributed by atoms with van der Waals surface area (Å²) in [6, 6.07) is 14.5. The molecule has 132 valence electrons. The predicted molar refractivity (Wildman–Crippen MR) is 101 cm³/mol. The molecule has 2 rings (SSSR count). The molecule has 0 saturated carbocycles. The second kappa shape index (κ2) is 9.84. The van der Waals surface area contributed by atoms with E-state index in [1.54, 1.807) is 23.9 Å². The van der Waals surface area contributed by atoms with Crippen LogP contribution in [-0.4, -0.2) is 23.1 Å². The SMILES string of the molecule is CCCCSc1ccc([N+](=O)[O-])c(C(=O)NCCc2ccccc2)c1. The molecular weight excluding hydrogens is 336 g/mol. The highest BCUT2D eigenvalue weighted by Crippen LogP contribution is 2.26. The Morgan fingerprint density at radius 1 is 1.20 bits per heavy atom. The van der Waals surface area contributed by atoms with Gasteiger partial charge in [-0.3, -0.25) is 14.9 Å². The van der Waals surface area contributed by atoms with Crippen LogP contribution in [0.1, 0.15) is 35.7 Å². The van der Waals surface area contributed by atoms with Gasteiger partial charge in [0.25, 0.3) is 11.6 Å². The first-order valence-electron chi connectivity index (χ1n) is 8.35. The van der Waals surface area contributed by atoms with Crippen molar-refractivity contribution in [2.45, 2.75) is 31.1 Å². The quantitative estimate of drug-likeness (QED) is 0.311. The average Bonchev–Trinajstić information content (AvgIpc) is 2.62. The molecule has 6 heteroatoms. The zero-order valence-corrected chi connectivity index (χ0v) is 15.1. The fourth-order valence-electron chi connectivity index (χ4n) is 2.34. The predicted octanol–water partition coefficient (Wildman–Crippen LogP) is 4.46. The number of carbonyl (C=O) groups is 1. The second-order valence-electron chi connectivity index (χ2n) is 5.63. The van der Waals surface area contributed by atoms with Gasteiger partial charge in [0.2, 0.25) is 0 Å². The van der Waals surface area contributed by atoms with Crippen molar-refractivity contribution in [2.24, 2.45) is 0 Å². The van der Waals surface area contributed by atoms with Crippen LogP contribution in [-0.2, 0) is 6.42 Å². The first kappa shape index (κ1) is 19.0. The number of hydrogen-bond acceptors (Lipinski definition) is 4. The Labute approximate surface area is 152 Å². The van der Waals surface area contributed by atoms with Crippen molar-refractivity contribution >= 4 is 23.4 Å². The summed E-state index contributed by atoms with van der Waals surface area (Å²) in [5, 5.41) is 14.0. The Hall–Kier alpha value is -2.34. The molecule has 0 fully saturated rings. The maximum Gasteiger partial charge on any atom is 0.282 e. The van der Waals surface area contributed by atoms with E-state index in [2.05, 4.69) is 12.2 Å². The third-order valence-electron chi connectivity index (χ3n) is 3.72. The minimum absolute atomic E-state index is 0.125. The number of unbranched alkanes of at least 4 members (excludes halogenated alkanes) is 1. The van der Waals surface area contributed by atoms with Crippen LogP contribution < -0.4 is 5.32 Å². The molecule has 0 aliphatic rings. The number of benzene rings is 2. The number of nitrogens with one attached hydrogen (secondary N) is 1. The molecule has 0 aromatic heterocycles. The molecular formula is C19H22N2O3S. The summed E-state index contributed by atoms with van der Waals surface area (Å²) < 4.78 is 0. The van der Waals surface area contributed by atoms with Crippen molar-refractivity contribution in [3.8, 4) is 0 Å². The van der Waals surface area contributed by atoms with Gasteiger partial charge in [-0.2, -0.15) is 0 Å². The van der Waals surface area contributed by atoms with Crippen molar-refractivity contribution in [3.05, 3.63) is 69.8 Å². The molecule has 0 saturated heterocycles. The summed E-state index contributed by atoms with van der Waals surface area (Å²) in [5.74, 6) is 0.532. The van der Waals surface area contributed by atoms with E-state index in [-0.39, 0.29) is 11.3 Å². The molecule has 2 aromatic carbocycles. The van der Waals surface area contributed by atoms with Gasteiger partial charge >= 0.3 is 0 Å². The number of rotatable bonds is 9. The largest absolute Gasteiger partial charge is 0.351 e. The zero-order chi connectivity index (χ0) is 18.1. The normalized spacial score (nSPS) is 10.4. The van der Waals surface area contributed by atoms with Crippen LogP contribution in [0.4, 0.5) is 5.69 Å². The van der Waals surface area contributed by atoms with E-state index in [1.807, 2.05) is 30.3 Å². The lowest BCUT2D eigenvalue weighted by Crippen LogP contribution is -2.26. The summed E-state index contributed by atoms with van der Waals surface area (Å²) in [6.45, 7) is 2.55. The molecule has 0 spiro atoms. The lowest BCUT2D eigenvalue weighted by atomic mass is 10.1. The van der Waals surface area contributed by atoms with E-state index in [1.165, 1.54) is 6.07 Å². The number of amides is 1. The monoisotopic (exact) mass is 358 g/mol. The second-order valence-corrected chi connectivity index (χ2v) is 6.80. The molecule has 25 heavy (non-hydrogen) atoms. The maximum atomic E-state index is 12.4. The average molecular weight is 358 g/mol. The Kier molecular flexibility index (Phi) is 7.47. The van der Waals surface area contributed by atoms with Crippen LogP contribution >= 0.6 is 11.8 Å². The van der Waals surface area contributed by atoms with Gasteiger partial charge < -0.3 is 5.32 Å². The summed E-state index contributed by atoms with van der Waals surface area (Å²) in [5.41, 5.74) is 1.08. The van der Waals surface area contributed by atoms with Gasteiger partial charge in [0, 0.05) is 17.5 Å². The van der Waals surface area contributed by atoms with Gasteiger partial charge in [0.15, 0.2) is 0 Å². The van der Waals surface area contributed by atoms with Gasteiger partial charge in [-0.1, -0.05) is 43.7 Å². The number of nitro groups is 1. The minimum Gasteiger partial charge on any atom is -0.351 e. The number of nitro benzene ring substituents is 1. The van der Waals surface area contributed by atoms with E-state index in [4.69, 9.17) is 0 Å². The molecule has 0 unspecified atom stereocenters. The molecule has 0 heterocycles. The fraction of sp³-hybridized carbons (Fsp3) is 0.316. The number of carbonyl (C=O) groups excluding carboxylic acids is 1. The van der Waals surface area contributed by atoms with Crippen molar-refractivity contribution in [1.82, 2.24) is 5.32 Å². The molecule has 1 N–H and O–H groups in total. The highest BCUT2D eigenvalue weighted by atomic mass is 32.2. The van der Waals surface area contributed by atoms with E-state index in [0.29, 0.717) is 13.0 Å². The van der Waals surface area contributed by atoms with Gasteiger partial charge in [0.1, 0.15) is 5.56 Å². The van der Waals surface area contributed by atoms with Crippen LogP contribution in [0, 0.1) is 10.1 Å². The lowest BCUT2D eigenvalue weighted by molar-refractivity contribution is -0.385. The minimum atomic E-state index is -0.507. The molecule has 0 atom stereocenters. The molecule has 0 bridgehead atoms.